The van der Waals surface area contributed by atoms with Crippen molar-refractivity contribution >= 4 is 12.4 Å². The topological polar surface area (TPSA) is 32.7 Å². The van der Waals surface area contributed by atoms with E-state index < -0.39 is 6.10 Å². The highest BCUT2D eigenvalue weighted by Gasteiger charge is 2.22. The third-order valence-corrected chi connectivity index (χ3v) is 4.91. The van der Waals surface area contributed by atoms with E-state index in [0.717, 1.165) is 12.3 Å². The quantitative estimate of drug-likeness (QED) is 0.738. The van der Waals surface area contributed by atoms with Crippen molar-refractivity contribution in [1.29, 1.82) is 0 Å². The molecular formula is C20H34ClNO2. The number of hydrogen-bond donors (Lipinski definition) is 1. The molecule has 0 bridgehead atoms. The predicted molar refractivity (Wildman–Crippen MR) is 103 cm³/mol. The molecule has 0 aromatic heterocycles. The van der Waals surface area contributed by atoms with E-state index in [9.17, 15) is 5.11 Å². The zero-order chi connectivity index (χ0) is 16.7. The van der Waals surface area contributed by atoms with Gasteiger partial charge in [-0.3, -0.25) is 4.90 Å². The highest BCUT2D eigenvalue weighted by Crippen LogP contribution is 2.26. The molecule has 4 heteroatoms. The van der Waals surface area contributed by atoms with Crippen LogP contribution in [0.4, 0.5) is 0 Å². The fraction of sp³-hybridized carbons (Fsp3) is 0.700. The van der Waals surface area contributed by atoms with Gasteiger partial charge >= 0.3 is 0 Å². The Balaban J connectivity index is 0.00000288. The minimum absolute atomic E-state index is 0. The normalized spacial score (nSPS) is 16.9. The van der Waals surface area contributed by atoms with E-state index in [1.165, 1.54) is 37.7 Å². The summed E-state index contributed by atoms with van der Waals surface area (Å²) in [6.45, 7) is 8.61. The Labute approximate surface area is 153 Å². The molecule has 1 aliphatic rings. The average molecular weight is 356 g/mol. The Hall–Kier alpha value is -0.770. The van der Waals surface area contributed by atoms with Crippen molar-refractivity contribution in [2.75, 3.05) is 19.7 Å². The largest absolute Gasteiger partial charge is 0.491 e. The standard InChI is InChI=1S/C20H33NO2.ClH/c1-4-21(17-10-6-5-7-11-17)14-18(22)15-23-20-13-9-8-12-19(20)16(2)3;/h8-9,12-13,16-18,22H,4-7,10-11,14-15H2,1-3H3;1H. The summed E-state index contributed by atoms with van der Waals surface area (Å²) in [7, 11) is 0. The van der Waals surface area contributed by atoms with Crippen LogP contribution in [-0.2, 0) is 0 Å². The molecule has 0 aliphatic heterocycles. The van der Waals surface area contributed by atoms with Crippen molar-refractivity contribution in [2.45, 2.75) is 70.9 Å². The molecule has 1 atom stereocenters. The van der Waals surface area contributed by atoms with Crippen LogP contribution in [-0.4, -0.2) is 41.8 Å². The first-order valence-corrected chi connectivity index (χ1v) is 9.25. The number of aliphatic hydroxyl groups is 1. The highest BCUT2D eigenvalue weighted by atomic mass is 35.5. The number of ether oxygens (including phenoxy) is 1. The van der Waals surface area contributed by atoms with Crippen LogP contribution >= 0.6 is 12.4 Å². The van der Waals surface area contributed by atoms with Crippen molar-refractivity contribution in [1.82, 2.24) is 4.90 Å². The Bertz CT molecular complexity index is 461. The molecule has 0 radical (unpaired) electrons. The molecular weight excluding hydrogens is 322 g/mol. The van der Waals surface area contributed by atoms with Crippen molar-refractivity contribution in [3.05, 3.63) is 29.8 Å². The molecule has 24 heavy (non-hydrogen) atoms. The molecule has 0 amide bonds. The molecule has 138 valence electrons. The Morgan fingerprint density at radius 1 is 1.17 bits per heavy atom. The van der Waals surface area contributed by atoms with Gasteiger partial charge in [0, 0.05) is 12.6 Å². The van der Waals surface area contributed by atoms with Gasteiger partial charge < -0.3 is 9.84 Å². The number of likely N-dealkylation sites (N-methyl/N-ethyl adjacent to an activating group) is 1. The summed E-state index contributed by atoms with van der Waals surface area (Å²) in [6.07, 6.45) is 6.14. The smallest absolute Gasteiger partial charge is 0.122 e. The van der Waals surface area contributed by atoms with Crippen LogP contribution in [0, 0.1) is 0 Å². The summed E-state index contributed by atoms with van der Waals surface area (Å²) in [5, 5.41) is 10.4. The lowest BCUT2D eigenvalue weighted by molar-refractivity contribution is 0.0460. The van der Waals surface area contributed by atoms with Crippen molar-refractivity contribution in [3.63, 3.8) is 0 Å². The molecule has 1 fully saturated rings. The van der Waals surface area contributed by atoms with E-state index in [1.54, 1.807) is 0 Å². The molecule has 3 nitrogen and oxygen atoms in total. The summed E-state index contributed by atoms with van der Waals surface area (Å²) < 4.78 is 5.92. The monoisotopic (exact) mass is 355 g/mol. The van der Waals surface area contributed by atoms with Gasteiger partial charge in [0.15, 0.2) is 0 Å². The van der Waals surface area contributed by atoms with Crippen LogP contribution in [0.25, 0.3) is 0 Å². The van der Waals surface area contributed by atoms with Crippen LogP contribution in [0.5, 0.6) is 5.75 Å². The fourth-order valence-electron chi connectivity index (χ4n) is 3.58. The number of halogens is 1. The van der Waals surface area contributed by atoms with E-state index in [2.05, 4.69) is 31.7 Å². The first kappa shape index (κ1) is 21.3. The van der Waals surface area contributed by atoms with Crippen molar-refractivity contribution in [2.24, 2.45) is 0 Å². The third kappa shape index (κ3) is 6.27. The Kier molecular flexibility index (Phi) is 9.72. The second kappa shape index (κ2) is 11.0. The third-order valence-electron chi connectivity index (χ3n) is 4.91. The SMILES string of the molecule is CCN(CC(O)COc1ccccc1C(C)C)C1CCCCC1.Cl. The first-order valence-electron chi connectivity index (χ1n) is 9.25. The summed E-state index contributed by atoms with van der Waals surface area (Å²) in [5.74, 6) is 1.33. The second-order valence-corrected chi connectivity index (χ2v) is 7.04. The first-order chi connectivity index (χ1) is 11.1. The van der Waals surface area contributed by atoms with Gasteiger partial charge in [-0.1, -0.05) is 58.2 Å². The zero-order valence-corrected chi connectivity index (χ0v) is 16.2. The summed E-state index contributed by atoms with van der Waals surface area (Å²) in [6, 6.07) is 8.79. The minimum Gasteiger partial charge on any atom is -0.491 e. The van der Waals surface area contributed by atoms with Gasteiger partial charge in [-0.2, -0.15) is 0 Å². The van der Waals surface area contributed by atoms with Crippen LogP contribution < -0.4 is 4.74 Å². The zero-order valence-electron chi connectivity index (χ0n) is 15.4. The molecule has 1 unspecified atom stereocenters. The van der Waals surface area contributed by atoms with Gasteiger partial charge in [-0.05, 0) is 36.9 Å². The molecule has 0 spiro atoms. The van der Waals surface area contributed by atoms with Crippen LogP contribution in [0.1, 0.15) is 64.4 Å². The Morgan fingerprint density at radius 2 is 1.83 bits per heavy atom. The molecule has 2 rings (SSSR count). The van der Waals surface area contributed by atoms with E-state index in [0.29, 0.717) is 25.1 Å². The lowest BCUT2D eigenvalue weighted by Crippen LogP contribution is -2.43. The molecule has 1 N–H and O–H groups in total. The lowest BCUT2D eigenvalue weighted by Gasteiger charge is -2.34. The molecule has 1 aliphatic carbocycles. The maximum atomic E-state index is 10.4. The average Bonchev–Trinajstić information content (AvgIpc) is 2.58. The van der Waals surface area contributed by atoms with Gasteiger partial charge in [-0.15, -0.1) is 12.4 Å². The number of nitrogens with zero attached hydrogens (tertiary/aromatic N) is 1. The summed E-state index contributed by atoms with van der Waals surface area (Å²) >= 11 is 0. The second-order valence-electron chi connectivity index (χ2n) is 7.04. The molecule has 1 aromatic rings. The summed E-state index contributed by atoms with van der Waals surface area (Å²) in [4.78, 5) is 2.43. The van der Waals surface area contributed by atoms with Gasteiger partial charge in [0.05, 0.1) is 0 Å². The van der Waals surface area contributed by atoms with Crippen molar-refractivity contribution in [3.8, 4) is 5.75 Å². The number of hydrogen-bond acceptors (Lipinski definition) is 3. The predicted octanol–water partition coefficient (Wildman–Crippen LogP) is 4.63. The molecule has 1 saturated carbocycles. The van der Waals surface area contributed by atoms with Crippen LogP contribution in [0.15, 0.2) is 24.3 Å². The maximum absolute atomic E-state index is 10.4. The Morgan fingerprint density at radius 3 is 2.46 bits per heavy atom. The van der Waals surface area contributed by atoms with Gasteiger partial charge in [0.1, 0.15) is 18.5 Å². The summed E-state index contributed by atoms with van der Waals surface area (Å²) in [5.41, 5.74) is 1.21. The minimum atomic E-state index is -0.433. The van der Waals surface area contributed by atoms with E-state index in [4.69, 9.17) is 4.74 Å². The lowest BCUT2D eigenvalue weighted by atomic mass is 9.94. The maximum Gasteiger partial charge on any atom is 0.122 e. The molecule has 0 heterocycles. The van der Waals surface area contributed by atoms with Gasteiger partial charge in [-0.25, -0.2) is 0 Å². The van der Waals surface area contributed by atoms with Crippen LogP contribution in [0.3, 0.4) is 0 Å². The van der Waals surface area contributed by atoms with E-state index in [-0.39, 0.29) is 12.4 Å². The fourth-order valence-corrected chi connectivity index (χ4v) is 3.58. The number of rotatable bonds is 8. The highest BCUT2D eigenvalue weighted by molar-refractivity contribution is 5.85. The van der Waals surface area contributed by atoms with Gasteiger partial charge in [0.2, 0.25) is 0 Å². The number of benzene rings is 1. The number of aliphatic hydroxyl groups excluding tert-OH is 1. The van der Waals surface area contributed by atoms with Crippen molar-refractivity contribution < 1.29 is 9.84 Å². The van der Waals surface area contributed by atoms with Gasteiger partial charge in [0.25, 0.3) is 0 Å². The molecule has 0 saturated heterocycles. The van der Waals surface area contributed by atoms with E-state index in [1.807, 2.05) is 18.2 Å². The van der Waals surface area contributed by atoms with E-state index >= 15 is 0 Å². The molecule has 1 aromatic carbocycles. The number of para-hydroxylation sites is 1. The van der Waals surface area contributed by atoms with Crippen LogP contribution in [0.2, 0.25) is 0 Å².